The van der Waals surface area contributed by atoms with Crippen LogP contribution in [0.25, 0.3) is 16.6 Å². The van der Waals surface area contributed by atoms with Crippen molar-refractivity contribution in [2.45, 2.75) is 19.4 Å². The number of carbonyl (C=O) groups excluding carboxylic acids is 1. The Morgan fingerprint density at radius 2 is 1.97 bits per heavy atom. The lowest BCUT2D eigenvalue weighted by Gasteiger charge is -2.08. The summed E-state index contributed by atoms with van der Waals surface area (Å²) in [5, 5.41) is 10.4. The fourth-order valence-corrected chi connectivity index (χ4v) is 2.83. The molecule has 3 aromatic heterocycles. The molecule has 13 heteroatoms. The molecule has 2 N–H and O–H groups in total. The Balaban J connectivity index is 1.49. The van der Waals surface area contributed by atoms with Crippen LogP contribution >= 0.6 is 0 Å². The van der Waals surface area contributed by atoms with Gasteiger partial charge in [0.15, 0.2) is 17.3 Å². The molecule has 0 aliphatic heterocycles. The number of carbonyl (C=O) groups is 1. The zero-order valence-electron chi connectivity index (χ0n) is 15.9. The summed E-state index contributed by atoms with van der Waals surface area (Å²) in [4.78, 5) is 19.1. The van der Waals surface area contributed by atoms with Crippen molar-refractivity contribution in [2.75, 3.05) is 5.32 Å². The first kappa shape index (κ1) is 21.4. The average Bonchev–Trinajstić information content (AvgIpc) is 3.41. The van der Waals surface area contributed by atoms with Crippen LogP contribution in [-0.4, -0.2) is 43.7 Å². The minimum absolute atomic E-state index is 0.0990. The minimum Gasteiger partial charge on any atom is -0.359 e. The van der Waals surface area contributed by atoms with Gasteiger partial charge in [0, 0.05) is 23.8 Å². The quantitative estimate of drug-likeness (QED) is 0.417. The van der Waals surface area contributed by atoms with Crippen LogP contribution in [0.2, 0.25) is 0 Å². The number of amides is 1. The second-order valence-electron chi connectivity index (χ2n) is 6.52. The number of ether oxygens (including phenoxy) is 1. The van der Waals surface area contributed by atoms with E-state index in [-0.39, 0.29) is 28.0 Å². The summed E-state index contributed by atoms with van der Waals surface area (Å²) >= 11 is 0. The Kier molecular flexibility index (Phi) is 5.81. The Morgan fingerprint density at radius 1 is 1.19 bits per heavy atom. The van der Waals surface area contributed by atoms with Crippen LogP contribution < -0.4 is 5.32 Å². The monoisotopic (exact) mass is 452 g/mol. The van der Waals surface area contributed by atoms with Gasteiger partial charge in [-0.05, 0) is 18.2 Å². The smallest absolute Gasteiger partial charge is 0.293 e. The summed E-state index contributed by atoms with van der Waals surface area (Å²) in [5.41, 5.74) is 0.916. The molecule has 0 aliphatic rings. The molecule has 3 heterocycles. The molecule has 1 aromatic carbocycles. The number of hydrogen-bond donors (Lipinski definition) is 2. The molecule has 166 valence electrons. The number of fused-ring (bicyclic) bond motifs is 1. The van der Waals surface area contributed by atoms with Crippen molar-refractivity contribution in [3.05, 3.63) is 65.9 Å². The summed E-state index contributed by atoms with van der Waals surface area (Å²) in [5.74, 6) is -2.76. The lowest BCUT2D eigenvalue weighted by Crippen LogP contribution is -2.16. The highest BCUT2D eigenvalue weighted by Gasteiger charge is 2.20. The summed E-state index contributed by atoms with van der Waals surface area (Å²) in [6, 6.07) is 4.81. The maximum Gasteiger partial charge on any atom is 0.293 e. The number of aromatic nitrogens is 5. The third-order valence-corrected chi connectivity index (χ3v) is 4.35. The van der Waals surface area contributed by atoms with Crippen molar-refractivity contribution < 1.29 is 31.5 Å². The minimum atomic E-state index is -3.28. The molecule has 1 unspecified atom stereocenters. The summed E-state index contributed by atoms with van der Waals surface area (Å²) in [7, 11) is 0. The fraction of sp³-hybridized carbons (Fsp3) is 0.158. The van der Waals surface area contributed by atoms with E-state index in [1.165, 1.54) is 35.4 Å². The largest absolute Gasteiger partial charge is 0.359 e. The van der Waals surface area contributed by atoms with Crippen LogP contribution in [0, 0.1) is 11.6 Å². The van der Waals surface area contributed by atoms with E-state index in [4.69, 9.17) is 0 Å². The van der Waals surface area contributed by atoms with Gasteiger partial charge in [-0.3, -0.25) is 9.78 Å². The van der Waals surface area contributed by atoms with E-state index in [1.807, 2.05) is 0 Å². The van der Waals surface area contributed by atoms with Crippen LogP contribution in [0.1, 0.15) is 16.2 Å². The Bertz CT molecular complexity index is 1270. The molecule has 32 heavy (non-hydrogen) atoms. The van der Waals surface area contributed by atoms with Crippen LogP contribution in [-0.2, 0) is 11.3 Å². The van der Waals surface area contributed by atoms with Gasteiger partial charge in [0.2, 0.25) is 0 Å². The van der Waals surface area contributed by atoms with Gasteiger partial charge in [-0.2, -0.15) is 0 Å². The number of rotatable bonds is 7. The molecule has 0 spiro atoms. The van der Waals surface area contributed by atoms with Crippen LogP contribution in [0.15, 0.2) is 42.9 Å². The van der Waals surface area contributed by atoms with E-state index in [0.29, 0.717) is 5.69 Å². The third-order valence-electron chi connectivity index (χ3n) is 4.35. The van der Waals surface area contributed by atoms with Crippen molar-refractivity contribution in [3.8, 4) is 5.69 Å². The van der Waals surface area contributed by atoms with Crippen molar-refractivity contribution in [2.24, 2.45) is 0 Å². The second kappa shape index (κ2) is 8.70. The number of alkyl halides is 3. The van der Waals surface area contributed by atoms with Gasteiger partial charge in [-0.15, -0.1) is 5.10 Å². The molecular weight excluding hydrogens is 439 g/mol. The Hall–Kier alpha value is -3.87. The first-order chi connectivity index (χ1) is 15.3. The zero-order valence-corrected chi connectivity index (χ0v) is 15.9. The molecular formula is C19H13F5N6O2. The van der Waals surface area contributed by atoms with Crippen LogP contribution in [0.4, 0.5) is 27.6 Å². The van der Waals surface area contributed by atoms with Crippen molar-refractivity contribution in [1.82, 2.24) is 25.0 Å². The predicted molar refractivity (Wildman–Crippen MR) is 101 cm³/mol. The molecule has 1 atom stereocenters. The molecule has 4 aromatic rings. The maximum absolute atomic E-state index is 13.5. The first-order valence-corrected chi connectivity index (χ1v) is 9.01. The van der Waals surface area contributed by atoms with E-state index >= 15 is 0 Å². The van der Waals surface area contributed by atoms with Crippen molar-refractivity contribution in [1.29, 1.82) is 0 Å². The first-order valence-electron chi connectivity index (χ1n) is 9.01. The molecule has 4 rings (SSSR count). The van der Waals surface area contributed by atoms with Gasteiger partial charge in [0.25, 0.3) is 18.7 Å². The normalized spacial score (nSPS) is 12.4. The summed E-state index contributed by atoms with van der Waals surface area (Å²) in [6.45, 7) is -0.501. The van der Waals surface area contributed by atoms with Crippen LogP contribution in [0.3, 0.4) is 0 Å². The highest BCUT2D eigenvalue weighted by molar-refractivity contribution is 6.07. The summed E-state index contributed by atoms with van der Waals surface area (Å²) in [6.07, 6.45) is -2.04. The molecule has 0 saturated heterocycles. The third kappa shape index (κ3) is 4.42. The standard InChI is InChI=1S/C19H13F5N6O2/c20-12-4-11-14(5-13(12)21)26-6-15(11)27-19(31)16-7-30(29-28-16)10-1-2-25-9(3-10)8-32-18(24)17(22)23/h1-7,17-18,26H,8H2,(H,27,31). The molecule has 0 radical (unpaired) electrons. The van der Waals surface area contributed by atoms with Crippen molar-refractivity contribution in [3.63, 3.8) is 0 Å². The van der Waals surface area contributed by atoms with Gasteiger partial charge < -0.3 is 15.0 Å². The molecule has 1 amide bonds. The van der Waals surface area contributed by atoms with E-state index in [9.17, 15) is 26.7 Å². The van der Waals surface area contributed by atoms with E-state index in [0.717, 1.165) is 12.1 Å². The zero-order chi connectivity index (χ0) is 22.8. The highest BCUT2D eigenvalue weighted by Crippen LogP contribution is 2.26. The van der Waals surface area contributed by atoms with E-state index < -0.39 is 36.9 Å². The molecule has 0 bridgehead atoms. The number of pyridine rings is 1. The average molecular weight is 452 g/mol. The lowest BCUT2D eigenvalue weighted by atomic mass is 10.2. The van der Waals surface area contributed by atoms with Crippen molar-refractivity contribution >= 4 is 22.5 Å². The maximum atomic E-state index is 13.5. The van der Waals surface area contributed by atoms with E-state index in [2.05, 4.69) is 30.3 Å². The Labute approximate surface area is 176 Å². The molecule has 8 nitrogen and oxygen atoms in total. The Morgan fingerprint density at radius 3 is 2.75 bits per heavy atom. The van der Waals surface area contributed by atoms with Gasteiger partial charge in [-0.25, -0.2) is 26.6 Å². The number of nitrogens with zero attached hydrogens (tertiary/aromatic N) is 4. The number of halogens is 5. The number of hydrogen-bond acceptors (Lipinski definition) is 5. The van der Waals surface area contributed by atoms with Gasteiger partial charge >= 0.3 is 0 Å². The molecule has 0 aliphatic carbocycles. The van der Waals surface area contributed by atoms with Crippen LogP contribution in [0.5, 0.6) is 0 Å². The number of benzene rings is 1. The molecule has 0 saturated carbocycles. The highest BCUT2D eigenvalue weighted by atomic mass is 19.3. The molecule has 0 fully saturated rings. The number of anilines is 1. The number of nitrogens with one attached hydrogen (secondary N) is 2. The lowest BCUT2D eigenvalue weighted by molar-refractivity contribution is -0.135. The predicted octanol–water partition coefficient (Wildman–Crippen LogP) is 3.75. The topological polar surface area (TPSA) is 97.7 Å². The second-order valence-corrected chi connectivity index (χ2v) is 6.52. The SMILES string of the molecule is O=C(Nc1c[nH]c2cc(F)c(F)cc12)c1cn(-c2ccnc(COC(F)C(F)F)c2)nn1. The van der Waals surface area contributed by atoms with E-state index in [1.54, 1.807) is 0 Å². The van der Waals surface area contributed by atoms with Gasteiger partial charge in [0.1, 0.15) is 0 Å². The number of H-pyrrole nitrogens is 1. The fourth-order valence-electron chi connectivity index (χ4n) is 2.83. The number of aromatic amines is 1. The van der Waals surface area contributed by atoms with Gasteiger partial charge in [-0.1, -0.05) is 5.21 Å². The van der Waals surface area contributed by atoms with Gasteiger partial charge in [0.05, 0.1) is 35.4 Å². The summed E-state index contributed by atoms with van der Waals surface area (Å²) < 4.78 is 69.8.